The van der Waals surface area contributed by atoms with E-state index in [0.717, 1.165) is 11.1 Å². The van der Waals surface area contributed by atoms with Crippen molar-refractivity contribution in [1.82, 2.24) is 14.9 Å². The third kappa shape index (κ3) is 5.06. The van der Waals surface area contributed by atoms with E-state index < -0.39 is 12.5 Å². The van der Waals surface area contributed by atoms with Gasteiger partial charge in [0, 0.05) is 31.0 Å². The van der Waals surface area contributed by atoms with Crippen molar-refractivity contribution in [2.45, 2.75) is 19.7 Å². The van der Waals surface area contributed by atoms with Gasteiger partial charge in [-0.15, -0.1) is 0 Å². The number of ether oxygens (including phenoxy) is 2. The molecular formula is C20H19F2N3O3. The summed E-state index contributed by atoms with van der Waals surface area (Å²) in [7, 11) is 1.34. The molecule has 28 heavy (non-hydrogen) atoms. The van der Waals surface area contributed by atoms with Crippen LogP contribution < -0.4 is 14.8 Å². The van der Waals surface area contributed by atoms with E-state index in [0.29, 0.717) is 13.1 Å². The van der Waals surface area contributed by atoms with Gasteiger partial charge < -0.3 is 19.4 Å². The Labute approximate surface area is 160 Å². The molecule has 8 heteroatoms. The number of imidazole rings is 1. The Morgan fingerprint density at radius 1 is 1.14 bits per heavy atom. The molecule has 1 heterocycles. The molecule has 0 bridgehead atoms. The molecule has 0 aliphatic carbocycles. The summed E-state index contributed by atoms with van der Waals surface area (Å²) in [5.41, 5.74) is 2.23. The van der Waals surface area contributed by atoms with E-state index in [9.17, 15) is 13.6 Å². The molecule has 0 spiro atoms. The van der Waals surface area contributed by atoms with E-state index in [1.54, 1.807) is 12.5 Å². The monoisotopic (exact) mass is 387 g/mol. The number of nitrogens with zero attached hydrogens (tertiary/aromatic N) is 2. The van der Waals surface area contributed by atoms with Crippen LogP contribution in [-0.4, -0.2) is 29.2 Å². The van der Waals surface area contributed by atoms with Crippen molar-refractivity contribution in [3.63, 3.8) is 0 Å². The second kappa shape index (κ2) is 8.98. The maximum atomic E-state index is 12.5. The number of aromatic nitrogens is 2. The van der Waals surface area contributed by atoms with Gasteiger partial charge in [0.15, 0.2) is 11.5 Å². The first-order valence-corrected chi connectivity index (χ1v) is 8.50. The average Bonchev–Trinajstić information content (AvgIpc) is 3.19. The van der Waals surface area contributed by atoms with Gasteiger partial charge in [0.1, 0.15) is 0 Å². The van der Waals surface area contributed by atoms with Crippen LogP contribution in [0.5, 0.6) is 11.5 Å². The molecular weight excluding hydrogens is 368 g/mol. The molecule has 146 valence electrons. The number of rotatable bonds is 8. The van der Waals surface area contributed by atoms with Crippen molar-refractivity contribution in [3.05, 3.63) is 77.9 Å². The van der Waals surface area contributed by atoms with Crippen LogP contribution in [0, 0.1) is 0 Å². The minimum atomic E-state index is -3.01. The molecule has 2 aromatic carbocycles. The van der Waals surface area contributed by atoms with Crippen LogP contribution in [0.3, 0.4) is 0 Å². The molecule has 0 unspecified atom stereocenters. The Balaban J connectivity index is 1.60. The molecule has 0 atom stereocenters. The number of hydrogen-bond acceptors (Lipinski definition) is 4. The Bertz CT molecular complexity index is 913. The summed E-state index contributed by atoms with van der Waals surface area (Å²) in [6.45, 7) is -1.99. The number of carbonyl (C=O) groups is 1. The Morgan fingerprint density at radius 2 is 1.89 bits per heavy atom. The lowest BCUT2D eigenvalue weighted by atomic mass is 10.1. The van der Waals surface area contributed by atoms with Gasteiger partial charge in [-0.05, 0) is 29.3 Å². The lowest BCUT2D eigenvalue weighted by Crippen LogP contribution is -2.23. The first-order chi connectivity index (χ1) is 13.5. The van der Waals surface area contributed by atoms with Gasteiger partial charge in [-0.2, -0.15) is 8.78 Å². The third-order valence-electron chi connectivity index (χ3n) is 4.04. The van der Waals surface area contributed by atoms with E-state index in [1.165, 1.54) is 25.3 Å². The van der Waals surface area contributed by atoms with Crippen LogP contribution in [0.1, 0.15) is 21.5 Å². The number of nitrogens with one attached hydrogen (secondary N) is 1. The SMILES string of the molecule is COc1ccc(C(=O)NCc2ccc(Cn3ccnc3)cc2)cc1OC(F)F. The van der Waals surface area contributed by atoms with Crippen molar-refractivity contribution in [3.8, 4) is 11.5 Å². The fraction of sp³-hybridized carbons (Fsp3) is 0.200. The zero-order valence-electron chi connectivity index (χ0n) is 15.1. The average molecular weight is 387 g/mol. The molecule has 0 saturated heterocycles. The highest BCUT2D eigenvalue weighted by molar-refractivity contribution is 5.94. The smallest absolute Gasteiger partial charge is 0.387 e. The summed E-state index contributed by atoms with van der Waals surface area (Å²) in [4.78, 5) is 16.3. The maximum absolute atomic E-state index is 12.5. The molecule has 0 aliphatic rings. The summed E-state index contributed by atoms with van der Waals surface area (Å²) in [6, 6.07) is 11.9. The highest BCUT2D eigenvalue weighted by Gasteiger charge is 2.14. The van der Waals surface area contributed by atoms with Crippen LogP contribution in [0.4, 0.5) is 8.78 Å². The molecule has 0 aliphatic heterocycles. The van der Waals surface area contributed by atoms with Crippen LogP contribution in [0.2, 0.25) is 0 Å². The van der Waals surface area contributed by atoms with Crippen LogP contribution in [-0.2, 0) is 13.1 Å². The van der Waals surface area contributed by atoms with Crippen LogP contribution in [0.25, 0.3) is 0 Å². The molecule has 3 rings (SSSR count). The number of hydrogen-bond donors (Lipinski definition) is 1. The molecule has 1 aromatic heterocycles. The standard InChI is InChI=1S/C20H19F2N3O3/c1-27-17-7-6-16(10-18(17)28-20(21)22)19(26)24-11-14-2-4-15(5-3-14)12-25-9-8-23-13-25/h2-10,13,20H,11-12H2,1H3,(H,24,26). The van der Waals surface area contributed by atoms with E-state index in [1.807, 2.05) is 35.0 Å². The molecule has 6 nitrogen and oxygen atoms in total. The fourth-order valence-corrected chi connectivity index (χ4v) is 2.64. The second-order valence-electron chi connectivity index (χ2n) is 5.98. The van der Waals surface area contributed by atoms with Gasteiger partial charge in [0.05, 0.1) is 13.4 Å². The third-order valence-corrected chi connectivity index (χ3v) is 4.04. The van der Waals surface area contributed by atoms with Crippen molar-refractivity contribution in [1.29, 1.82) is 0 Å². The topological polar surface area (TPSA) is 65.4 Å². The Hall–Kier alpha value is -3.42. The summed E-state index contributed by atoms with van der Waals surface area (Å²) in [5.74, 6) is -0.455. The summed E-state index contributed by atoms with van der Waals surface area (Å²) in [5, 5.41) is 2.76. The van der Waals surface area contributed by atoms with Gasteiger partial charge in [-0.1, -0.05) is 24.3 Å². The fourth-order valence-electron chi connectivity index (χ4n) is 2.64. The minimum Gasteiger partial charge on any atom is -0.493 e. The number of halogens is 2. The summed E-state index contributed by atoms with van der Waals surface area (Å²) >= 11 is 0. The van der Waals surface area contributed by atoms with Gasteiger partial charge in [0.2, 0.25) is 0 Å². The number of methoxy groups -OCH3 is 1. The van der Waals surface area contributed by atoms with Gasteiger partial charge in [-0.3, -0.25) is 4.79 Å². The van der Waals surface area contributed by atoms with Gasteiger partial charge >= 0.3 is 6.61 Å². The normalized spacial score (nSPS) is 10.7. The lowest BCUT2D eigenvalue weighted by molar-refractivity contribution is -0.0512. The zero-order chi connectivity index (χ0) is 19.9. The predicted molar refractivity (Wildman–Crippen MR) is 98.6 cm³/mol. The molecule has 0 fully saturated rings. The summed E-state index contributed by atoms with van der Waals surface area (Å²) in [6.07, 6.45) is 5.35. The minimum absolute atomic E-state index is 0.130. The summed E-state index contributed by atoms with van der Waals surface area (Å²) < 4.78 is 36.3. The number of carbonyl (C=O) groups excluding carboxylic acids is 1. The highest BCUT2D eigenvalue weighted by Crippen LogP contribution is 2.29. The first-order valence-electron chi connectivity index (χ1n) is 8.50. The Kier molecular flexibility index (Phi) is 6.21. The molecule has 0 radical (unpaired) electrons. The largest absolute Gasteiger partial charge is 0.493 e. The van der Waals surface area contributed by atoms with Gasteiger partial charge in [-0.25, -0.2) is 4.98 Å². The molecule has 3 aromatic rings. The highest BCUT2D eigenvalue weighted by atomic mass is 19.3. The predicted octanol–water partition coefficient (Wildman–Crippen LogP) is 3.47. The number of alkyl halides is 2. The second-order valence-corrected chi connectivity index (χ2v) is 5.98. The van der Waals surface area contributed by atoms with Crippen molar-refractivity contribution >= 4 is 5.91 Å². The van der Waals surface area contributed by atoms with Crippen molar-refractivity contribution in [2.75, 3.05) is 7.11 Å². The van der Waals surface area contributed by atoms with Crippen LogP contribution in [0.15, 0.2) is 61.2 Å². The first kappa shape index (κ1) is 19.3. The van der Waals surface area contributed by atoms with Crippen LogP contribution >= 0.6 is 0 Å². The zero-order valence-corrected chi connectivity index (χ0v) is 15.1. The molecule has 1 amide bonds. The molecule has 0 saturated carbocycles. The maximum Gasteiger partial charge on any atom is 0.387 e. The van der Waals surface area contributed by atoms with E-state index in [-0.39, 0.29) is 17.1 Å². The quantitative estimate of drug-likeness (QED) is 0.643. The number of benzene rings is 2. The van der Waals surface area contributed by atoms with E-state index in [2.05, 4.69) is 15.0 Å². The van der Waals surface area contributed by atoms with Crippen molar-refractivity contribution < 1.29 is 23.0 Å². The van der Waals surface area contributed by atoms with E-state index >= 15 is 0 Å². The van der Waals surface area contributed by atoms with Crippen molar-refractivity contribution in [2.24, 2.45) is 0 Å². The number of amides is 1. The molecule has 1 N–H and O–H groups in total. The lowest BCUT2D eigenvalue weighted by Gasteiger charge is -2.12. The van der Waals surface area contributed by atoms with Gasteiger partial charge in [0.25, 0.3) is 5.91 Å². The van der Waals surface area contributed by atoms with E-state index in [4.69, 9.17) is 4.74 Å². The Morgan fingerprint density at radius 3 is 2.54 bits per heavy atom.